The number of nitro groups is 1. The monoisotopic (exact) mass is 1150 g/mol. The number of nitrogens with one attached hydrogen (secondary N) is 3. The number of benzene rings is 3. The maximum atomic E-state index is 15.0. The van der Waals surface area contributed by atoms with Crippen LogP contribution >= 0.6 is 0 Å². The Bertz CT molecular complexity index is 3560. The SMILES string of the molecule is CC(C)Oc1ccccc1[C@@H]1CN([C@@H]2COCc3cnccc32)CCN1C1CC2(CCN(c3ccc(C(=O)NS(=O)(=O)c4cc5c(c([N+](=O)[O-])c4)N[C@H](C4CCOCC4)CO5)c(N4c5cc6cc[nH]c6nc5O[C@H]5COCC[C@@H]54)c3)CC2)C1. The van der Waals surface area contributed by atoms with Crippen molar-refractivity contribution < 1.29 is 46.6 Å². The maximum absolute atomic E-state index is 15.0. The summed E-state index contributed by atoms with van der Waals surface area (Å²) in [4.78, 5) is 48.8. The van der Waals surface area contributed by atoms with Gasteiger partial charge in [0.1, 0.15) is 29.8 Å². The lowest BCUT2D eigenvalue weighted by Crippen LogP contribution is -2.60. The van der Waals surface area contributed by atoms with Crippen molar-refractivity contribution in [2.24, 2.45) is 11.3 Å². The fourth-order valence-electron chi connectivity index (χ4n) is 14.5. The van der Waals surface area contributed by atoms with Crippen molar-refractivity contribution in [1.82, 2.24) is 29.5 Å². The Morgan fingerprint density at radius 3 is 2.55 bits per heavy atom. The summed E-state index contributed by atoms with van der Waals surface area (Å²) in [5, 5.41) is 16.7. The number of fused-ring (bicyclic) bond motifs is 5. The Morgan fingerprint density at radius 1 is 0.892 bits per heavy atom. The molecule has 3 N–H and O–H groups in total. The minimum Gasteiger partial charge on any atom is -0.491 e. The number of rotatable bonds is 12. The first-order valence-corrected chi connectivity index (χ1v) is 30.9. The number of carbonyl (C=O) groups is 1. The van der Waals surface area contributed by atoms with Gasteiger partial charge in [-0.2, -0.15) is 4.98 Å². The van der Waals surface area contributed by atoms with E-state index in [1.165, 1.54) is 17.2 Å². The number of hydrogen-bond donors (Lipinski definition) is 3. The average Bonchev–Trinajstić information content (AvgIpc) is 4.15. The van der Waals surface area contributed by atoms with E-state index in [0.29, 0.717) is 68.4 Å². The number of carbonyl (C=O) groups excluding carboxylic acids is 1. The quantitative estimate of drug-likeness (QED) is 0.0771. The van der Waals surface area contributed by atoms with E-state index in [0.717, 1.165) is 99.7 Å². The van der Waals surface area contributed by atoms with Crippen LogP contribution in [0.15, 0.2) is 96.3 Å². The van der Waals surface area contributed by atoms with Gasteiger partial charge in [-0.1, -0.05) is 18.2 Å². The molecule has 8 aliphatic rings. The van der Waals surface area contributed by atoms with Gasteiger partial charge in [-0.3, -0.25) is 29.7 Å². The second-order valence-electron chi connectivity index (χ2n) is 24.0. The van der Waals surface area contributed by atoms with Gasteiger partial charge in [-0.15, -0.1) is 0 Å². The number of sulfonamides is 1. The van der Waals surface area contributed by atoms with E-state index >= 15 is 0 Å². The van der Waals surface area contributed by atoms with Crippen LogP contribution in [-0.2, 0) is 30.8 Å². The van der Waals surface area contributed by atoms with Crippen LogP contribution in [0.2, 0.25) is 0 Å². The number of para-hydroxylation sites is 1. The van der Waals surface area contributed by atoms with Crippen LogP contribution in [0.1, 0.15) is 97.9 Å². The summed E-state index contributed by atoms with van der Waals surface area (Å²) in [6.07, 6.45) is 11.5. The molecule has 14 rings (SSSR count). The van der Waals surface area contributed by atoms with Gasteiger partial charge in [0.2, 0.25) is 5.88 Å². The molecule has 0 radical (unpaired) electrons. The highest BCUT2D eigenvalue weighted by Crippen LogP contribution is 2.55. The lowest BCUT2D eigenvalue weighted by molar-refractivity contribution is -0.384. The van der Waals surface area contributed by atoms with E-state index in [4.69, 9.17) is 33.4 Å². The highest BCUT2D eigenvalue weighted by molar-refractivity contribution is 7.90. The summed E-state index contributed by atoms with van der Waals surface area (Å²) < 4.78 is 68.1. The van der Waals surface area contributed by atoms with Crippen LogP contribution in [0, 0.1) is 21.4 Å². The molecule has 0 unspecified atom stereocenters. The minimum absolute atomic E-state index is 0.0241. The molecule has 436 valence electrons. The summed E-state index contributed by atoms with van der Waals surface area (Å²) in [5.41, 5.74) is 6.23. The van der Waals surface area contributed by atoms with Gasteiger partial charge < -0.3 is 48.5 Å². The zero-order valence-electron chi connectivity index (χ0n) is 46.7. The molecule has 1 saturated carbocycles. The molecule has 6 aromatic rings. The number of aromatic amines is 1. The van der Waals surface area contributed by atoms with Crippen LogP contribution in [0.25, 0.3) is 11.0 Å². The molecule has 3 aromatic heterocycles. The number of anilines is 4. The first-order valence-electron chi connectivity index (χ1n) is 29.4. The van der Waals surface area contributed by atoms with Gasteiger partial charge in [-0.25, -0.2) is 13.1 Å². The van der Waals surface area contributed by atoms with E-state index in [1.54, 1.807) is 6.07 Å². The first-order chi connectivity index (χ1) is 40.3. The summed E-state index contributed by atoms with van der Waals surface area (Å²) >= 11 is 0. The van der Waals surface area contributed by atoms with E-state index in [-0.39, 0.29) is 71.8 Å². The normalized spacial score (nSPS) is 24.8. The van der Waals surface area contributed by atoms with E-state index in [1.807, 2.05) is 42.9 Å². The van der Waals surface area contributed by atoms with E-state index in [2.05, 4.69) is 83.8 Å². The number of aromatic nitrogens is 3. The third-order valence-electron chi connectivity index (χ3n) is 18.8. The Hall–Kier alpha value is -7.08. The molecule has 4 saturated heterocycles. The smallest absolute Gasteiger partial charge is 0.297 e. The number of pyridine rings is 2. The molecule has 1 aliphatic carbocycles. The topological polar surface area (TPSA) is 228 Å². The Labute approximate surface area is 482 Å². The third-order valence-corrected chi connectivity index (χ3v) is 20.1. The Morgan fingerprint density at radius 2 is 1.72 bits per heavy atom. The van der Waals surface area contributed by atoms with Crippen LogP contribution in [0.3, 0.4) is 0 Å². The summed E-state index contributed by atoms with van der Waals surface area (Å²) in [6.45, 7) is 11.8. The molecule has 1 spiro atoms. The van der Waals surface area contributed by atoms with Crippen molar-refractivity contribution >= 4 is 55.4 Å². The number of H-pyrrole nitrogens is 1. The van der Waals surface area contributed by atoms with Gasteiger partial charge >= 0.3 is 0 Å². The number of nitro benzene ring substituents is 1. The van der Waals surface area contributed by atoms with Crippen molar-refractivity contribution in [3.8, 4) is 17.4 Å². The summed E-state index contributed by atoms with van der Waals surface area (Å²) in [7, 11) is -4.72. The number of piperidine rings is 1. The molecular weight excluding hydrogens is 1080 g/mol. The molecule has 5 atom stereocenters. The Kier molecular flexibility index (Phi) is 14.2. The standard InChI is InChI=1S/C61H70N10O11S/c1-37(2)81-54-6-4-3-5-45(54)52-32-68(53-35-79-33-40-31-62-16-10-44(40)53)20-21-69(52)42-29-61(30-42)14-18-67(19-15-61)41-7-8-46(49(26-41)70-48-13-24-78-36-56(48)82-60-51(70)25-39-9-17-63-58(39)65-60)59(72)66-83(75,76)43-27-50(71(73)74)57-55(28-43)80-34-47(64-57)38-11-22-77-23-12-38/h3-10,16-17,25-28,31,37-38,42,47-48,52-53,56,64H,11-15,18-24,29-30,32-36H2,1-2H3,(H,63,65)(H,66,72)/t47-,48-,52-,53+,56-/m0/s1. The van der Waals surface area contributed by atoms with E-state index < -0.39 is 37.5 Å². The van der Waals surface area contributed by atoms with Crippen molar-refractivity contribution in [3.63, 3.8) is 0 Å². The lowest BCUT2D eigenvalue weighted by atomic mass is 9.59. The summed E-state index contributed by atoms with van der Waals surface area (Å²) in [6, 6.07) is 22.6. The number of nitrogens with zero attached hydrogens (tertiary/aromatic N) is 7. The minimum atomic E-state index is -4.72. The van der Waals surface area contributed by atoms with Gasteiger partial charge in [0.15, 0.2) is 11.4 Å². The number of hydrogen-bond acceptors (Lipinski definition) is 18. The van der Waals surface area contributed by atoms with Crippen LogP contribution in [0.4, 0.5) is 28.4 Å². The van der Waals surface area contributed by atoms with Gasteiger partial charge in [-0.05, 0) is 118 Å². The average molecular weight is 1150 g/mol. The summed E-state index contributed by atoms with van der Waals surface area (Å²) in [5.74, 6) is 0.577. The van der Waals surface area contributed by atoms with Crippen molar-refractivity contribution in [3.05, 3.63) is 124 Å². The second-order valence-corrected chi connectivity index (χ2v) is 25.7. The number of piperazine rings is 1. The predicted octanol–water partition coefficient (Wildman–Crippen LogP) is 8.44. The molecule has 1 amide bonds. The highest BCUT2D eigenvalue weighted by Gasteiger charge is 2.51. The largest absolute Gasteiger partial charge is 0.491 e. The van der Waals surface area contributed by atoms with Crippen LogP contribution in [0.5, 0.6) is 17.4 Å². The molecule has 21 nitrogen and oxygen atoms in total. The highest BCUT2D eigenvalue weighted by atomic mass is 32.2. The fourth-order valence-corrected chi connectivity index (χ4v) is 15.5. The van der Waals surface area contributed by atoms with Crippen molar-refractivity contribution in [2.75, 3.05) is 87.5 Å². The molecule has 0 bridgehead atoms. The predicted molar refractivity (Wildman–Crippen MR) is 309 cm³/mol. The van der Waals surface area contributed by atoms with Crippen LogP contribution < -0.4 is 34.0 Å². The molecular formula is C61H70N10O11S. The van der Waals surface area contributed by atoms with Crippen molar-refractivity contribution in [1.29, 1.82) is 0 Å². The molecule has 3 aromatic carbocycles. The molecule has 5 fully saturated rings. The maximum Gasteiger partial charge on any atom is 0.297 e. The van der Waals surface area contributed by atoms with Gasteiger partial charge in [0.05, 0.1) is 71.2 Å². The molecule has 22 heteroatoms. The second kappa shape index (κ2) is 21.8. The molecule has 83 heavy (non-hydrogen) atoms. The third kappa shape index (κ3) is 10.2. The fraction of sp³-hybridized carbons (Fsp3) is 0.492. The molecule has 10 heterocycles. The van der Waals surface area contributed by atoms with Crippen LogP contribution in [-0.4, -0.2) is 147 Å². The van der Waals surface area contributed by atoms with Gasteiger partial charge in [0.25, 0.3) is 21.6 Å². The number of amides is 1. The van der Waals surface area contributed by atoms with Crippen molar-refractivity contribution in [2.45, 2.75) is 113 Å². The molecule has 7 aliphatic heterocycles. The lowest BCUT2D eigenvalue weighted by Gasteiger charge is -2.58. The zero-order chi connectivity index (χ0) is 56.6. The van der Waals surface area contributed by atoms with Gasteiger partial charge in [0, 0.05) is 112 Å². The first kappa shape index (κ1) is 53.9. The Balaban J connectivity index is 0.740. The zero-order valence-corrected chi connectivity index (χ0v) is 47.6. The van der Waals surface area contributed by atoms with E-state index in [9.17, 15) is 23.3 Å². The number of ether oxygens (including phenoxy) is 6.